The standard InChI is InChI=1S/C7H14FN/c1-9-5-2-3-7(8)4-6-9/h7H,2-6H2,1H3. The van der Waals surface area contributed by atoms with Gasteiger partial charge in [-0.05, 0) is 32.9 Å². The summed E-state index contributed by atoms with van der Waals surface area (Å²) in [4.78, 5) is 2.19. The molecule has 1 unspecified atom stereocenters. The van der Waals surface area contributed by atoms with Crippen molar-refractivity contribution >= 4 is 0 Å². The summed E-state index contributed by atoms with van der Waals surface area (Å²) in [5, 5.41) is 0. The largest absolute Gasteiger partial charge is 0.306 e. The van der Waals surface area contributed by atoms with Gasteiger partial charge in [0.1, 0.15) is 6.17 Å². The summed E-state index contributed by atoms with van der Waals surface area (Å²) in [6, 6.07) is 0. The van der Waals surface area contributed by atoms with E-state index in [1.807, 2.05) is 0 Å². The Bertz CT molecular complexity index is 75.0. The molecule has 1 heterocycles. The minimum absolute atomic E-state index is 0.532. The van der Waals surface area contributed by atoms with Gasteiger partial charge in [0.15, 0.2) is 0 Å². The van der Waals surface area contributed by atoms with E-state index in [0.29, 0.717) is 0 Å². The molecule has 0 N–H and O–H groups in total. The van der Waals surface area contributed by atoms with Crippen LogP contribution in [0.5, 0.6) is 0 Å². The first-order valence-electron chi connectivity index (χ1n) is 3.61. The molecule has 0 bridgehead atoms. The van der Waals surface area contributed by atoms with Gasteiger partial charge in [-0.3, -0.25) is 0 Å². The van der Waals surface area contributed by atoms with Gasteiger partial charge in [0.05, 0.1) is 0 Å². The van der Waals surface area contributed by atoms with Gasteiger partial charge in [-0.1, -0.05) is 0 Å². The van der Waals surface area contributed by atoms with Gasteiger partial charge in [-0.2, -0.15) is 0 Å². The minimum atomic E-state index is -0.532. The molecule has 54 valence electrons. The molecule has 2 heteroatoms. The van der Waals surface area contributed by atoms with Crippen molar-refractivity contribution < 1.29 is 4.39 Å². The molecule has 0 radical (unpaired) electrons. The van der Waals surface area contributed by atoms with Crippen molar-refractivity contribution in [1.82, 2.24) is 4.90 Å². The molecule has 1 rings (SSSR count). The van der Waals surface area contributed by atoms with Crippen molar-refractivity contribution in [3.8, 4) is 0 Å². The van der Waals surface area contributed by atoms with Crippen molar-refractivity contribution in [3.05, 3.63) is 0 Å². The van der Waals surface area contributed by atoms with Crippen molar-refractivity contribution in [2.45, 2.75) is 25.4 Å². The number of alkyl halides is 1. The highest BCUT2D eigenvalue weighted by Crippen LogP contribution is 2.11. The average molecular weight is 131 g/mol. The van der Waals surface area contributed by atoms with Gasteiger partial charge in [-0.25, -0.2) is 4.39 Å². The Morgan fingerprint density at radius 3 is 2.89 bits per heavy atom. The maximum absolute atomic E-state index is 12.6. The summed E-state index contributed by atoms with van der Waals surface area (Å²) in [6.07, 6.45) is 1.99. The molecule has 1 fully saturated rings. The molecule has 1 saturated heterocycles. The van der Waals surface area contributed by atoms with Crippen molar-refractivity contribution in [3.63, 3.8) is 0 Å². The molecule has 0 aromatic heterocycles. The van der Waals surface area contributed by atoms with Gasteiger partial charge in [0, 0.05) is 6.54 Å². The molecule has 0 aliphatic carbocycles. The molecule has 1 atom stereocenters. The molecule has 1 nitrogen and oxygen atoms in total. The van der Waals surface area contributed by atoms with Crippen LogP contribution in [0.3, 0.4) is 0 Å². The summed E-state index contributed by atoms with van der Waals surface area (Å²) in [6.45, 7) is 2.00. The van der Waals surface area contributed by atoms with Crippen LogP contribution in [0.1, 0.15) is 19.3 Å². The number of likely N-dealkylation sites (tertiary alicyclic amines) is 1. The summed E-state index contributed by atoms with van der Waals surface area (Å²) >= 11 is 0. The van der Waals surface area contributed by atoms with E-state index in [9.17, 15) is 4.39 Å². The van der Waals surface area contributed by atoms with Crippen LogP contribution in [0.2, 0.25) is 0 Å². The fraction of sp³-hybridized carbons (Fsp3) is 1.00. The van der Waals surface area contributed by atoms with Crippen molar-refractivity contribution in [2.24, 2.45) is 0 Å². The molecule has 0 aromatic carbocycles. The predicted molar refractivity (Wildman–Crippen MR) is 36.2 cm³/mol. The predicted octanol–water partition coefficient (Wildman–Crippen LogP) is 1.44. The lowest BCUT2D eigenvalue weighted by Crippen LogP contribution is -2.18. The maximum atomic E-state index is 12.6. The topological polar surface area (TPSA) is 3.24 Å². The molecule has 9 heavy (non-hydrogen) atoms. The Morgan fingerprint density at radius 2 is 2.11 bits per heavy atom. The molecule has 0 spiro atoms. The molecular weight excluding hydrogens is 117 g/mol. The lowest BCUT2D eigenvalue weighted by atomic mass is 10.2. The lowest BCUT2D eigenvalue weighted by Gasteiger charge is -2.10. The average Bonchev–Trinajstić information content (AvgIpc) is 1.97. The molecule has 1 aliphatic heterocycles. The molecule has 1 aliphatic rings. The van der Waals surface area contributed by atoms with Crippen LogP contribution < -0.4 is 0 Å². The molecule has 0 saturated carbocycles. The third kappa shape index (κ3) is 2.31. The number of hydrogen-bond donors (Lipinski definition) is 0. The van der Waals surface area contributed by atoms with E-state index in [1.54, 1.807) is 0 Å². The van der Waals surface area contributed by atoms with E-state index in [2.05, 4.69) is 11.9 Å². The fourth-order valence-electron chi connectivity index (χ4n) is 1.20. The van der Waals surface area contributed by atoms with Crippen LogP contribution >= 0.6 is 0 Å². The smallest absolute Gasteiger partial charge is 0.101 e. The van der Waals surface area contributed by atoms with Gasteiger partial charge in [0.2, 0.25) is 0 Å². The van der Waals surface area contributed by atoms with Crippen LogP contribution in [0.4, 0.5) is 4.39 Å². The SMILES string of the molecule is CN1CCCC(F)CC1. The van der Waals surface area contributed by atoms with E-state index in [4.69, 9.17) is 0 Å². The Balaban J connectivity index is 2.25. The van der Waals surface area contributed by atoms with Crippen molar-refractivity contribution in [2.75, 3.05) is 20.1 Å². The zero-order valence-electron chi connectivity index (χ0n) is 5.94. The van der Waals surface area contributed by atoms with Gasteiger partial charge < -0.3 is 4.90 Å². The highest BCUT2D eigenvalue weighted by Gasteiger charge is 2.12. The quantitative estimate of drug-likeness (QED) is 0.481. The van der Waals surface area contributed by atoms with Gasteiger partial charge in [0.25, 0.3) is 0 Å². The summed E-state index contributed by atoms with van der Waals surface area (Å²) < 4.78 is 12.6. The monoisotopic (exact) mass is 131 g/mol. The maximum Gasteiger partial charge on any atom is 0.101 e. The van der Waals surface area contributed by atoms with Crippen LogP contribution in [-0.2, 0) is 0 Å². The highest BCUT2D eigenvalue weighted by atomic mass is 19.1. The number of nitrogens with zero attached hydrogens (tertiary/aromatic N) is 1. The Morgan fingerprint density at radius 1 is 1.33 bits per heavy atom. The second-order valence-corrected chi connectivity index (χ2v) is 2.83. The minimum Gasteiger partial charge on any atom is -0.306 e. The Kier molecular flexibility index (Phi) is 2.46. The first kappa shape index (κ1) is 7.00. The van der Waals surface area contributed by atoms with E-state index >= 15 is 0 Å². The summed E-state index contributed by atoms with van der Waals surface area (Å²) in [7, 11) is 2.05. The Labute approximate surface area is 55.8 Å². The van der Waals surface area contributed by atoms with E-state index < -0.39 is 6.17 Å². The summed E-state index contributed by atoms with van der Waals surface area (Å²) in [5.74, 6) is 0. The van der Waals surface area contributed by atoms with Crippen LogP contribution in [0.25, 0.3) is 0 Å². The third-order valence-electron chi connectivity index (χ3n) is 1.88. The zero-order chi connectivity index (χ0) is 6.69. The summed E-state index contributed by atoms with van der Waals surface area (Å²) in [5.41, 5.74) is 0. The third-order valence-corrected chi connectivity index (χ3v) is 1.88. The fourth-order valence-corrected chi connectivity index (χ4v) is 1.20. The molecule has 0 amide bonds. The molecular formula is C7H14FN. The first-order chi connectivity index (χ1) is 4.29. The van der Waals surface area contributed by atoms with E-state index in [-0.39, 0.29) is 0 Å². The van der Waals surface area contributed by atoms with Crippen LogP contribution in [0, 0.1) is 0 Å². The Hall–Kier alpha value is -0.110. The first-order valence-corrected chi connectivity index (χ1v) is 3.61. The number of hydrogen-bond acceptors (Lipinski definition) is 1. The van der Waals surface area contributed by atoms with Gasteiger partial charge >= 0.3 is 0 Å². The zero-order valence-corrected chi connectivity index (χ0v) is 5.94. The van der Waals surface area contributed by atoms with Gasteiger partial charge in [-0.15, -0.1) is 0 Å². The number of halogens is 1. The highest BCUT2D eigenvalue weighted by molar-refractivity contribution is 4.65. The second-order valence-electron chi connectivity index (χ2n) is 2.83. The van der Waals surface area contributed by atoms with Crippen LogP contribution in [0.15, 0.2) is 0 Å². The van der Waals surface area contributed by atoms with E-state index in [1.165, 1.54) is 0 Å². The van der Waals surface area contributed by atoms with E-state index in [0.717, 1.165) is 32.4 Å². The molecule has 0 aromatic rings. The second kappa shape index (κ2) is 3.16. The van der Waals surface area contributed by atoms with Crippen LogP contribution in [-0.4, -0.2) is 31.2 Å². The normalized spacial score (nSPS) is 32.0. The van der Waals surface area contributed by atoms with Crippen molar-refractivity contribution in [1.29, 1.82) is 0 Å². The lowest BCUT2D eigenvalue weighted by molar-refractivity contribution is 0.290. The number of rotatable bonds is 0.